The van der Waals surface area contributed by atoms with E-state index >= 15 is 0 Å². The first-order valence-electron chi connectivity index (χ1n) is 7.83. The Morgan fingerprint density at radius 2 is 2.04 bits per heavy atom. The average molecular weight is 344 g/mol. The van der Waals surface area contributed by atoms with E-state index < -0.39 is 17.4 Å². The predicted molar refractivity (Wildman–Crippen MR) is 86.5 cm³/mol. The Morgan fingerprint density at radius 1 is 1.36 bits per heavy atom. The van der Waals surface area contributed by atoms with Gasteiger partial charge in [0.2, 0.25) is 5.78 Å². The maximum absolute atomic E-state index is 12.9. The Kier molecular flexibility index (Phi) is 4.39. The number of benzene rings is 1. The van der Waals surface area contributed by atoms with Crippen molar-refractivity contribution in [1.29, 1.82) is 0 Å². The summed E-state index contributed by atoms with van der Waals surface area (Å²) < 4.78 is 18.1. The zero-order chi connectivity index (χ0) is 18.1. The van der Waals surface area contributed by atoms with Gasteiger partial charge in [-0.05, 0) is 31.5 Å². The summed E-state index contributed by atoms with van der Waals surface area (Å²) in [4.78, 5) is 29.9. The number of oxazole rings is 1. The second kappa shape index (κ2) is 6.51. The molecule has 1 N–H and O–H groups in total. The third-order valence-corrected chi connectivity index (χ3v) is 4.02. The molecule has 2 heterocycles. The normalized spacial score (nSPS) is 14.7. The highest BCUT2D eigenvalue weighted by molar-refractivity contribution is 6.13. The molecule has 0 fully saturated rings. The highest BCUT2D eigenvalue weighted by Crippen LogP contribution is 2.23. The first-order chi connectivity index (χ1) is 11.9. The molecule has 0 atom stereocenters. The number of hydrogen-bond acceptors (Lipinski definition) is 5. The molecule has 1 amide bonds. The van der Waals surface area contributed by atoms with E-state index in [9.17, 15) is 19.1 Å². The highest BCUT2D eigenvalue weighted by atomic mass is 19.1. The van der Waals surface area contributed by atoms with Crippen LogP contribution in [0.3, 0.4) is 0 Å². The molecular formula is C18H17FN2O4. The fourth-order valence-corrected chi connectivity index (χ4v) is 2.61. The molecule has 0 spiro atoms. The Labute approximate surface area is 143 Å². The first-order valence-corrected chi connectivity index (χ1v) is 7.83. The van der Waals surface area contributed by atoms with Crippen LogP contribution >= 0.6 is 0 Å². The van der Waals surface area contributed by atoms with Crippen LogP contribution in [-0.4, -0.2) is 39.3 Å². The molecule has 7 heteroatoms. The van der Waals surface area contributed by atoms with Crippen LogP contribution in [0.4, 0.5) is 4.39 Å². The van der Waals surface area contributed by atoms with E-state index in [1.54, 1.807) is 26.0 Å². The fourth-order valence-electron chi connectivity index (χ4n) is 2.61. The zero-order valence-corrected chi connectivity index (χ0v) is 13.8. The minimum atomic E-state index is -0.612. The zero-order valence-electron chi connectivity index (χ0n) is 13.8. The van der Waals surface area contributed by atoms with Gasteiger partial charge in [0, 0.05) is 12.5 Å². The molecule has 130 valence electrons. The lowest BCUT2D eigenvalue weighted by molar-refractivity contribution is -0.129. The van der Waals surface area contributed by atoms with Crippen LogP contribution < -0.4 is 0 Å². The lowest BCUT2D eigenvalue weighted by Crippen LogP contribution is -2.34. The number of carbonyl (C=O) groups excluding carboxylic acids is 2. The number of amides is 1. The quantitative estimate of drug-likeness (QED) is 0.843. The van der Waals surface area contributed by atoms with Gasteiger partial charge in [0.1, 0.15) is 12.1 Å². The van der Waals surface area contributed by atoms with E-state index in [0.717, 1.165) is 5.56 Å². The maximum atomic E-state index is 12.9. The highest BCUT2D eigenvalue weighted by Gasteiger charge is 2.37. The number of aliphatic hydroxyl groups is 1. The Hall–Kier alpha value is -2.96. The summed E-state index contributed by atoms with van der Waals surface area (Å²) in [6.07, 6.45) is 1.71. The Balaban J connectivity index is 1.77. The third-order valence-electron chi connectivity index (χ3n) is 4.02. The average Bonchev–Trinajstić information content (AvgIpc) is 3.15. The summed E-state index contributed by atoms with van der Waals surface area (Å²) in [7, 11) is 0. The van der Waals surface area contributed by atoms with Crippen molar-refractivity contribution < 1.29 is 23.5 Å². The van der Waals surface area contributed by atoms with Gasteiger partial charge in [-0.25, -0.2) is 9.37 Å². The third kappa shape index (κ3) is 3.31. The summed E-state index contributed by atoms with van der Waals surface area (Å²) in [6, 6.07) is 5.79. The molecule has 3 rings (SSSR count). The van der Waals surface area contributed by atoms with Crippen molar-refractivity contribution in [3.05, 3.63) is 64.8 Å². The van der Waals surface area contributed by atoms with Crippen LogP contribution in [0.15, 0.2) is 46.3 Å². The van der Waals surface area contributed by atoms with Gasteiger partial charge in [-0.15, -0.1) is 0 Å². The van der Waals surface area contributed by atoms with Crippen LogP contribution in [0.5, 0.6) is 0 Å². The fraction of sp³-hybridized carbons (Fsp3) is 0.278. The van der Waals surface area contributed by atoms with Gasteiger partial charge in [0.25, 0.3) is 11.8 Å². The van der Waals surface area contributed by atoms with E-state index in [1.165, 1.54) is 23.3 Å². The number of hydrogen-bond donors (Lipinski definition) is 1. The molecule has 2 aromatic rings. The summed E-state index contributed by atoms with van der Waals surface area (Å²) in [5, 5.41) is 9.94. The molecule has 1 aliphatic rings. The van der Waals surface area contributed by atoms with Crippen LogP contribution in [0.1, 0.15) is 35.8 Å². The molecule has 0 radical (unpaired) electrons. The van der Waals surface area contributed by atoms with Crippen molar-refractivity contribution in [3.63, 3.8) is 0 Å². The van der Waals surface area contributed by atoms with Crippen molar-refractivity contribution >= 4 is 11.7 Å². The maximum Gasteiger partial charge on any atom is 0.289 e. The molecule has 1 aromatic carbocycles. The minimum absolute atomic E-state index is 0.0196. The van der Waals surface area contributed by atoms with Crippen molar-refractivity contribution in [1.82, 2.24) is 9.88 Å². The number of aliphatic hydroxyl groups excluding tert-OH is 1. The molecule has 0 aliphatic carbocycles. The first kappa shape index (κ1) is 16.9. The van der Waals surface area contributed by atoms with Crippen LogP contribution in [-0.2, 0) is 11.2 Å². The molecule has 0 saturated carbocycles. The topological polar surface area (TPSA) is 83.6 Å². The second-order valence-electron chi connectivity index (χ2n) is 6.13. The van der Waals surface area contributed by atoms with Crippen molar-refractivity contribution in [2.45, 2.75) is 26.3 Å². The lowest BCUT2D eigenvalue weighted by Gasteiger charge is -2.20. The second-order valence-corrected chi connectivity index (χ2v) is 6.13. The number of nitrogens with zero attached hydrogens (tertiary/aromatic N) is 2. The van der Waals surface area contributed by atoms with Crippen molar-refractivity contribution in [2.24, 2.45) is 0 Å². The molecule has 0 saturated heterocycles. The SMILES string of the molecule is CC(C)N1CC(C(=O)c2nc(Cc3ccc(F)cc3)co2)=C(O)C1=O. The summed E-state index contributed by atoms with van der Waals surface area (Å²) in [5.41, 5.74) is 1.30. The number of carbonyl (C=O) groups is 2. The van der Waals surface area contributed by atoms with E-state index in [4.69, 9.17) is 4.42 Å². The van der Waals surface area contributed by atoms with E-state index in [0.29, 0.717) is 12.1 Å². The summed E-state index contributed by atoms with van der Waals surface area (Å²) >= 11 is 0. The lowest BCUT2D eigenvalue weighted by atomic mass is 10.1. The summed E-state index contributed by atoms with van der Waals surface area (Å²) in [6.45, 7) is 3.62. The van der Waals surface area contributed by atoms with Crippen LogP contribution in [0.25, 0.3) is 0 Å². The van der Waals surface area contributed by atoms with E-state index in [2.05, 4.69) is 4.98 Å². The molecule has 25 heavy (non-hydrogen) atoms. The molecule has 0 bridgehead atoms. The molecule has 1 aromatic heterocycles. The molecular weight excluding hydrogens is 327 g/mol. The smallest absolute Gasteiger partial charge is 0.289 e. The van der Waals surface area contributed by atoms with Gasteiger partial charge in [-0.1, -0.05) is 12.1 Å². The van der Waals surface area contributed by atoms with Crippen molar-refractivity contribution in [2.75, 3.05) is 6.54 Å². The largest absolute Gasteiger partial charge is 0.503 e. The number of aromatic nitrogens is 1. The van der Waals surface area contributed by atoms with Gasteiger partial charge in [-0.2, -0.15) is 0 Å². The Bertz CT molecular complexity index is 852. The molecule has 0 unspecified atom stereocenters. The molecule has 1 aliphatic heterocycles. The van der Waals surface area contributed by atoms with Gasteiger partial charge in [0.15, 0.2) is 5.76 Å². The standard InChI is InChI=1S/C18H17FN2O4/c1-10(2)21-8-14(16(23)18(21)24)15(22)17-20-13(9-25-17)7-11-3-5-12(19)6-4-11/h3-6,9-10,23H,7-8H2,1-2H3. The number of Topliss-reactive ketones (excluding diaryl/α,β-unsaturated/α-hetero) is 1. The van der Waals surface area contributed by atoms with Gasteiger partial charge >= 0.3 is 0 Å². The predicted octanol–water partition coefficient (Wildman–Crippen LogP) is 2.65. The van der Waals surface area contributed by atoms with Crippen LogP contribution in [0, 0.1) is 5.82 Å². The summed E-state index contributed by atoms with van der Waals surface area (Å²) in [5.74, 6) is -2.26. The van der Waals surface area contributed by atoms with Crippen molar-refractivity contribution in [3.8, 4) is 0 Å². The van der Waals surface area contributed by atoms with Crippen LogP contribution in [0.2, 0.25) is 0 Å². The van der Waals surface area contributed by atoms with Gasteiger partial charge in [-0.3, -0.25) is 9.59 Å². The van der Waals surface area contributed by atoms with E-state index in [-0.39, 0.29) is 29.9 Å². The van der Waals surface area contributed by atoms with E-state index in [1.807, 2.05) is 0 Å². The Morgan fingerprint density at radius 3 is 2.64 bits per heavy atom. The monoisotopic (exact) mass is 344 g/mol. The molecule has 6 nitrogen and oxygen atoms in total. The number of halogens is 1. The van der Waals surface area contributed by atoms with Gasteiger partial charge in [0.05, 0.1) is 17.8 Å². The number of rotatable bonds is 5. The van der Waals surface area contributed by atoms with Gasteiger partial charge < -0.3 is 14.4 Å². The number of ketones is 1. The minimum Gasteiger partial charge on any atom is -0.503 e.